The van der Waals surface area contributed by atoms with Crippen LogP contribution in [0.15, 0.2) is 58.2 Å². The number of benzene rings is 2. The Labute approximate surface area is 154 Å². The van der Waals surface area contributed by atoms with Crippen LogP contribution in [0.2, 0.25) is 5.02 Å². The van der Waals surface area contributed by atoms with Gasteiger partial charge in [0, 0.05) is 10.6 Å². The highest BCUT2D eigenvalue weighted by molar-refractivity contribution is 7.99. The van der Waals surface area contributed by atoms with Crippen LogP contribution in [0.1, 0.15) is 21.8 Å². The maximum absolute atomic E-state index is 12.1. The smallest absolute Gasteiger partial charge is 0.277 e. The molecule has 0 spiro atoms. The molecule has 2 aromatic carbocycles. The van der Waals surface area contributed by atoms with Crippen LogP contribution in [0.3, 0.4) is 0 Å². The van der Waals surface area contributed by atoms with Crippen molar-refractivity contribution in [2.45, 2.75) is 18.8 Å². The van der Waals surface area contributed by atoms with Gasteiger partial charge in [0.15, 0.2) is 12.4 Å². The lowest BCUT2D eigenvalue weighted by molar-refractivity contribution is 0.102. The van der Waals surface area contributed by atoms with Crippen LogP contribution in [0.4, 0.5) is 0 Å². The fraction of sp³-hybridized carbons (Fsp3) is 0.167. The molecule has 0 saturated heterocycles. The molecule has 25 heavy (non-hydrogen) atoms. The monoisotopic (exact) mass is 374 g/mol. The van der Waals surface area contributed by atoms with Gasteiger partial charge in [-0.1, -0.05) is 41.6 Å². The molecule has 0 radical (unpaired) electrons. The lowest BCUT2D eigenvalue weighted by Crippen LogP contribution is -2.01. The third-order valence-corrected chi connectivity index (χ3v) is 4.46. The SMILES string of the molecule is Cc1ccccc1OCc1nnc(SCC(=O)c2ccc(Cl)cc2)o1. The van der Waals surface area contributed by atoms with Gasteiger partial charge < -0.3 is 9.15 Å². The van der Waals surface area contributed by atoms with Gasteiger partial charge in [-0.25, -0.2) is 0 Å². The molecular weight excluding hydrogens is 360 g/mol. The van der Waals surface area contributed by atoms with Crippen molar-refractivity contribution in [2.75, 3.05) is 5.75 Å². The summed E-state index contributed by atoms with van der Waals surface area (Å²) in [6.07, 6.45) is 0. The van der Waals surface area contributed by atoms with E-state index in [-0.39, 0.29) is 18.1 Å². The Bertz CT molecular complexity index is 865. The Morgan fingerprint density at radius 1 is 1.16 bits per heavy atom. The predicted octanol–water partition coefficient (Wildman–Crippen LogP) is 4.59. The van der Waals surface area contributed by atoms with Crippen molar-refractivity contribution < 1.29 is 13.9 Å². The zero-order valence-corrected chi connectivity index (χ0v) is 15.0. The van der Waals surface area contributed by atoms with Crippen LogP contribution in [-0.2, 0) is 6.61 Å². The average Bonchev–Trinajstić information content (AvgIpc) is 3.07. The molecule has 0 saturated carbocycles. The molecule has 3 rings (SSSR count). The fourth-order valence-electron chi connectivity index (χ4n) is 2.06. The number of carbonyl (C=O) groups is 1. The summed E-state index contributed by atoms with van der Waals surface area (Å²) in [4.78, 5) is 12.1. The van der Waals surface area contributed by atoms with Gasteiger partial charge >= 0.3 is 0 Å². The van der Waals surface area contributed by atoms with Gasteiger partial charge in [-0.15, -0.1) is 10.2 Å². The number of halogens is 1. The van der Waals surface area contributed by atoms with E-state index >= 15 is 0 Å². The van der Waals surface area contributed by atoms with Crippen molar-refractivity contribution >= 4 is 29.1 Å². The Morgan fingerprint density at radius 3 is 2.68 bits per heavy atom. The van der Waals surface area contributed by atoms with Gasteiger partial charge in [0.05, 0.1) is 5.75 Å². The lowest BCUT2D eigenvalue weighted by Gasteiger charge is -2.05. The van der Waals surface area contributed by atoms with E-state index in [1.807, 2.05) is 31.2 Å². The third-order valence-electron chi connectivity index (χ3n) is 3.39. The molecule has 0 bridgehead atoms. The van der Waals surface area contributed by atoms with Crippen LogP contribution < -0.4 is 4.74 Å². The van der Waals surface area contributed by atoms with E-state index in [9.17, 15) is 4.79 Å². The lowest BCUT2D eigenvalue weighted by atomic mass is 10.1. The van der Waals surface area contributed by atoms with Crippen molar-refractivity contribution in [3.63, 3.8) is 0 Å². The maximum Gasteiger partial charge on any atom is 0.277 e. The molecule has 5 nitrogen and oxygen atoms in total. The molecule has 1 heterocycles. The number of thioether (sulfide) groups is 1. The van der Waals surface area contributed by atoms with E-state index in [1.54, 1.807) is 24.3 Å². The highest BCUT2D eigenvalue weighted by atomic mass is 35.5. The topological polar surface area (TPSA) is 65.2 Å². The van der Waals surface area contributed by atoms with Gasteiger partial charge in [-0.05, 0) is 42.8 Å². The summed E-state index contributed by atoms with van der Waals surface area (Å²) in [5.41, 5.74) is 1.63. The van der Waals surface area contributed by atoms with E-state index in [0.717, 1.165) is 11.3 Å². The molecule has 0 aliphatic rings. The number of para-hydroxylation sites is 1. The highest BCUT2D eigenvalue weighted by Crippen LogP contribution is 2.21. The van der Waals surface area contributed by atoms with E-state index in [2.05, 4.69) is 10.2 Å². The van der Waals surface area contributed by atoms with Crippen molar-refractivity contribution in [2.24, 2.45) is 0 Å². The van der Waals surface area contributed by atoms with Crippen LogP contribution in [0.5, 0.6) is 5.75 Å². The number of nitrogens with zero attached hydrogens (tertiary/aromatic N) is 2. The standard InChI is InChI=1S/C18H15ClN2O3S/c1-12-4-2-3-5-16(12)23-10-17-20-21-18(24-17)25-11-15(22)13-6-8-14(19)9-7-13/h2-9H,10-11H2,1H3. The number of ketones is 1. The zero-order valence-electron chi connectivity index (χ0n) is 13.4. The summed E-state index contributed by atoms with van der Waals surface area (Å²) in [6, 6.07) is 14.5. The summed E-state index contributed by atoms with van der Waals surface area (Å²) in [6.45, 7) is 2.15. The van der Waals surface area contributed by atoms with Gasteiger partial charge in [0.2, 0.25) is 0 Å². The molecular formula is C18H15ClN2O3S. The van der Waals surface area contributed by atoms with E-state index in [4.69, 9.17) is 20.8 Å². The Kier molecular flexibility index (Phi) is 5.73. The number of aryl methyl sites for hydroxylation is 1. The Hall–Kier alpha value is -2.31. The number of hydrogen-bond acceptors (Lipinski definition) is 6. The zero-order chi connectivity index (χ0) is 17.6. The van der Waals surface area contributed by atoms with Gasteiger partial charge in [0.1, 0.15) is 5.75 Å². The number of Topliss-reactive ketones (excluding diaryl/α,β-unsaturated/α-hetero) is 1. The molecule has 0 aliphatic carbocycles. The second-order valence-corrected chi connectivity index (χ2v) is 6.60. The molecule has 128 valence electrons. The van der Waals surface area contributed by atoms with Crippen molar-refractivity contribution in [3.8, 4) is 5.75 Å². The van der Waals surface area contributed by atoms with E-state index < -0.39 is 0 Å². The molecule has 0 unspecified atom stereocenters. The summed E-state index contributed by atoms with van der Waals surface area (Å²) in [5, 5.41) is 8.79. The Balaban J connectivity index is 1.52. The van der Waals surface area contributed by atoms with E-state index in [0.29, 0.717) is 21.7 Å². The largest absolute Gasteiger partial charge is 0.484 e. The summed E-state index contributed by atoms with van der Waals surface area (Å²) < 4.78 is 11.2. The first-order valence-electron chi connectivity index (χ1n) is 7.54. The normalized spacial score (nSPS) is 10.6. The number of carbonyl (C=O) groups excluding carboxylic acids is 1. The molecule has 7 heteroatoms. The first-order valence-corrected chi connectivity index (χ1v) is 8.90. The molecule has 0 amide bonds. The number of aromatic nitrogens is 2. The van der Waals surface area contributed by atoms with Crippen LogP contribution in [0, 0.1) is 6.92 Å². The van der Waals surface area contributed by atoms with Crippen molar-refractivity contribution in [1.29, 1.82) is 0 Å². The predicted molar refractivity (Wildman–Crippen MR) is 96.3 cm³/mol. The van der Waals surface area contributed by atoms with Crippen molar-refractivity contribution in [1.82, 2.24) is 10.2 Å². The van der Waals surface area contributed by atoms with Crippen LogP contribution in [0.25, 0.3) is 0 Å². The third kappa shape index (κ3) is 4.84. The van der Waals surface area contributed by atoms with Crippen LogP contribution in [-0.4, -0.2) is 21.7 Å². The first kappa shape index (κ1) is 17.5. The summed E-state index contributed by atoms with van der Waals surface area (Å²) in [5.74, 6) is 1.32. The Morgan fingerprint density at radius 2 is 1.92 bits per heavy atom. The number of rotatable bonds is 7. The first-order chi connectivity index (χ1) is 12.1. The second-order valence-electron chi connectivity index (χ2n) is 5.23. The minimum absolute atomic E-state index is 0.0300. The summed E-state index contributed by atoms with van der Waals surface area (Å²) in [7, 11) is 0. The molecule has 3 aromatic rings. The fourth-order valence-corrected chi connectivity index (χ4v) is 2.86. The molecule has 0 atom stereocenters. The summed E-state index contributed by atoms with van der Waals surface area (Å²) >= 11 is 7.01. The molecule has 0 aliphatic heterocycles. The van der Waals surface area contributed by atoms with Crippen LogP contribution >= 0.6 is 23.4 Å². The van der Waals surface area contributed by atoms with Gasteiger partial charge in [0.25, 0.3) is 11.1 Å². The van der Waals surface area contributed by atoms with Gasteiger partial charge in [-0.2, -0.15) is 0 Å². The minimum atomic E-state index is -0.0300. The quantitative estimate of drug-likeness (QED) is 0.445. The average molecular weight is 375 g/mol. The highest BCUT2D eigenvalue weighted by Gasteiger charge is 2.12. The second kappa shape index (κ2) is 8.18. The maximum atomic E-state index is 12.1. The number of hydrogen-bond donors (Lipinski definition) is 0. The van der Waals surface area contributed by atoms with Crippen molar-refractivity contribution in [3.05, 3.63) is 70.6 Å². The molecule has 0 fully saturated rings. The molecule has 0 N–H and O–H groups in total. The molecule has 1 aromatic heterocycles. The number of ether oxygens (including phenoxy) is 1. The van der Waals surface area contributed by atoms with Gasteiger partial charge in [-0.3, -0.25) is 4.79 Å². The van der Waals surface area contributed by atoms with E-state index in [1.165, 1.54) is 11.8 Å². The minimum Gasteiger partial charge on any atom is -0.484 e.